The van der Waals surface area contributed by atoms with E-state index < -0.39 is 0 Å². The predicted octanol–water partition coefficient (Wildman–Crippen LogP) is 3.94. The normalized spacial score (nSPS) is 14.1. The fraction of sp³-hybridized carbons (Fsp3) is 0.238. The van der Waals surface area contributed by atoms with E-state index in [0.717, 1.165) is 47.8 Å². The van der Waals surface area contributed by atoms with Gasteiger partial charge in [0.2, 0.25) is 0 Å². The van der Waals surface area contributed by atoms with Crippen molar-refractivity contribution in [1.82, 2.24) is 15.2 Å². The van der Waals surface area contributed by atoms with Crippen LogP contribution in [0, 0.1) is 11.3 Å². The summed E-state index contributed by atoms with van der Waals surface area (Å²) in [6.45, 7) is 3.13. The van der Waals surface area contributed by atoms with Gasteiger partial charge in [0, 0.05) is 41.2 Å². The molecule has 3 aromatic rings. The van der Waals surface area contributed by atoms with Gasteiger partial charge >= 0.3 is 0 Å². The SMILES string of the molecule is N#Cc1c(N=Cc2ccc(N3CCOCC3)nc2)n[nH]c1Nc1cccc(CI)c1. The molecule has 1 aliphatic heterocycles. The minimum Gasteiger partial charge on any atom is -0.378 e. The average molecular weight is 513 g/mol. The summed E-state index contributed by atoms with van der Waals surface area (Å²) in [5.41, 5.74) is 3.29. The molecule has 0 bridgehead atoms. The highest BCUT2D eigenvalue weighted by Gasteiger charge is 2.13. The molecular weight excluding hydrogens is 493 g/mol. The Morgan fingerprint density at radius 2 is 2.17 bits per heavy atom. The molecule has 1 saturated heterocycles. The number of H-pyrrole nitrogens is 1. The maximum absolute atomic E-state index is 9.59. The van der Waals surface area contributed by atoms with Crippen LogP contribution >= 0.6 is 22.6 Å². The van der Waals surface area contributed by atoms with Crippen LogP contribution < -0.4 is 10.2 Å². The van der Waals surface area contributed by atoms with Crippen molar-refractivity contribution in [1.29, 1.82) is 5.26 Å². The van der Waals surface area contributed by atoms with E-state index in [9.17, 15) is 5.26 Å². The predicted molar refractivity (Wildman–Crippen MR) is 125 cm³/mol. The molecule has 4 rings (SSSR count). The number of benzene rings is 1. The van der Waals surface area contributed by atoms with Gasteiger partial charge in [-0.3, -0.25) is 5.10 Å². The largest absolute Gasteiger partial charge is 0.378 e. The molecule has 0 radical (unpaired) electrons. The zero-order valence-electron chi connectivity index (χ0n) is 16.2. The molecule has 0 atom stereocenters. The minimum absolute atomic E-state index is 0.335. The molecule has 30 heavy (non-hydrogen) atoms. The van der Waals surface area contributed by atoms with Crippen molar-refractivity contribution < 1.29 is 4.74 Å². The molecule has 8 nitrogen and oxygen atoms in total. The van der Waals surface area contributed by atoms with Gasteiger partial charge in [0.15, 0.2) is 5.82 Å². The van der Waals surface area contributed by atoms with Crippen molar-refractivity contribution in [2.45, 2.75) is 4.43 Å². The van der Waals surface area contributed by atoms with Crippen LogP contribution in [0.15, 0.2) is 47.6 Å². The molecule has 1 aliphatic rings. The summed E-state index contributed by atoms with van der Waals surface area (Å²) in [5, 5.41) is 19.9. The average Bonchev–Trinajstić information content (AvgIpc) is 3.20. The summed E-state index contributed by atoms with van der Waals surface area (Å²) >= 11 is 2.32. The van der Waals surface area contributed by atoms with Crippen LogP contribution in [-0.2, 0) is 9.16 Å². The van der Waals surface area contributed by atoms with Crippen molar-refractivity contribution in [3.8, 4) is 6.07 Å². The first-order chi connectivity index (χ1) is 14.8. The zero-order valence-corrected chi connectivity index (χ0v) is 18.3. The summed E-state index contributed by atoms with van der Waals surface area (Å²) < 4.78 is 6.28. The van der Waals surface area contributed by atoms with Gasteiger partial charge in [-0.2, -0.15) is 10.4 Å². The molecule has 0 unspecified atom stereocenters. The third kappa shape index (κ3) is 4.77. The molecule has 0 spiro atoms. The van der Waals surface area contributed by atoms with Gasteiger partial charge in [-0.25, -0.2) is 9.98 Å². The number of pyridine rings is 1. The van der Waals surface area contributed by atoms with Crippen molar-refractivity contribution in [3.63, 3.8) is 0 Å². The number of anilines is 3. The molecule has 3 heterocycles. The van der Waals surface area contributed by atoms with E-state index in [1.807, 2.05) is 30.3 Å². The Bertz CT molecular complexity index is 1070. The number of hydrogen-bond acceptors (Lipinski definition) is 7. The molecule has 2 aromatic heterocycles. The highest BCUT2D eigenvalue weighted by Crippen LogP contribution is 2.26. The minimum atomic E-state index is 0.335. The standard InChI is InChI=1S/C21H20IN7O/c22-11-15-2-1-3-17(10-15)26-21-18(12-23)20(27-28-21)25-14-16-4-5-19(24-13-16)29-6-8-30-9-7-29/h1-5,10,13-14H,6-9,11H2,(H2,26,27,28). The van der Waals surface area contributed by atoms with Crippen molar-refractivity contribution >= 4 is 51.9 Å². The Morgan fingerprint density at radius 3 is 2.90 bits per heavy atom. The number of aromatic amines is 1. The Labute approximate surface area is 188 Å². The highest BCUT2D eigenvalue weighted by atomic mass is 127. The second-order valence-electron chi connectivity index (χ2n) is 6.68. The van der Waals surface area contributed by atoms with Crippen LogP contribution in [0.2, 0.25) is 0 Å². The second-order valence-corrected chi connectivity index (χ2v) is 7.44. The van der Waals surface area contributed by atoms with E-state index >= 15 is 0 Å². The molecule has 0 aliphatic carbocycles. The number of nitrogens with zero attached hydrogens (tertiary/aromatic N) is 5. The van der Waals surface area contributed by atoms with Crippen molar-refractivity contribution in [2.75, 3.05) is 36.5 Å². The van der Waals surface area contributed by atoms with Crippen LogP contribution in [0.5, 0.6) is 0 Å². The lowest BCUT2D eigenvalue weighted by Crippen LogP contribution is -2.36. The Morgan fingerprint density at radius 1 is 1.30 bits per heavy atom. The van der Waals surface area contributed by atoms with Crippen LogP contribution in [0.4, 0.5) is 23.1 Å². The van der Waals surface area contributed by atoms with E-state index in [1.54, 1.807) is 12.4 Å². The van der Waals surface area contributed by atoms with E-state index in [4.69, 9.17) is 4.74 Å². The van der Waals surface area contributed by atoms with Gasteiger partial charge in [-0.15, -0.1) is 0 Å². The molecule has 0 amide bonds. The fourth-order valence-corrected chi connectivity index (χ4v) is 3.56. The topological polar surface area (TPSA) is 102 Å². The number of nitrogens with one attached hydrogen (secondary N) is 2. The van der Waals surface area contributed by atoms with Crippen molar-refractivity contribution in [3.05, 3.63) is 59.3 Å². The van der Waals surface area contributed by atoms with Gasteiger partial charge in [-0.1, -0.05) is 34.7 Å². The third-order valence-corrected chi connectivity index (χ3v) is 5.53. The number of alkyl halides is 1. The number of halogens is 1. The lowest BCUT2D eigenvalue weighted by atomic mass is 10.2. The first kappa shape index (κ1) is 20.3. The smallest absolute Gasteiger partial charge is 0.193 e. The summed E-state index contributed by atoms with van der Waals surface area (Å²) in [4.78, 5) is 11.1. The maximum Gasteiger partial charge on any atom is 0.193 e. The summed E-state index contributed by atoms with van der Waals surface area (Å²) in [5.74, 6) is 1.78. The molecule has 1 aromatic carbocycles. The molecular formula is C21H20IN7O. The van der Waals surface area contributed by atoms with E-state index in [2.05, 4.69) is 65.1 Å². The van der Waals surface area contributed by atoms with E-state index in [0.29, 0.717) is 17.2 Å². The first-order valence-corrected chi connectivity index (χ1v) is 11.0. The zero-order chi connectivity index (χ0) is 20.8. The molecule has 2 N–H and O–H groups in total. The Balaban J connectivity index is 1.48. The molecule has 1 fully saturated rings. The van der Waals surface area contributed by atoms with E-state index in [1.165, 1.54) is 5.56 Å². The maximum atomic E-state index is 9.59. The molecule has 9 heteroatoms. The van der Waals surface area contributed by atoms with Gasteiger partial charge in [0.05, 0.1) is 13.2 Å². The number of hydrogen-bond donors (Lipinski definition) is 2. The summed E-state index contributed by atoms with van der Waals surface area (Å²) in [7, 11) is 0. The number of ether oxygens (including phenoxy) is 1. The van der Waals surface area contributed by atoms with Gasteiger partial charge in [0.1, 0.15) is 23.3 Å². The number of morpholine rings is 1. The monoisotopic (exact) mass is 513 g/mol. The Hall–Kier alpha value is -2.97. The molecule has 152 valence electrons. The Kier molecular flexibility index (Phi) is 6.56. The van der Waals surface area contributed by atoms with Crippen LogP contribution in [0.3, 0.4) is 0 Å². The van der Waals surface area contributed by atoms with Gasteiger partial charge in [-0.05, 0) is 29.8 Å². The number of aromatic nitrogens is 3. The van der Waals surface area contributed by atoms with Crippen LogP contribution in [-0.4, -0.2) is 47.7 Å². The van der Waals surface area contributed by atoms with Gasteiger partial charge < -0.3 is 15.0 Å². The lowest BCUT2D eigenvalue weighted by molar-refractivity contribution is 0.122. The van der Waals surface area contributed by atoms with Crippen LogP contribution in [0.25, 0.3) is 0 Å². The van der Waals surface area contributed by atoms with Gasteiger partial charge in [0.25, 0.3) is 0 Å². The fourth-order valence-electron chi connectivity index (χ4n) is 3.09. The summed E-state index contributed by atoms with van der Waals surface area (Å²) in [6.07, 6.45) is 3.43. The highest BCUT2D eigenvalue weighted by molar-refractivity contribution is 14.1. The van der Waals surface area contributed by atoms with Crippen molar-refractivity contribution in [2.24, 2.45) is 4.99 Å². The molecule has 0 saturated carbocycles. The lowest BCUT2D eigenvalue weighted by Gasteiger charge is -2.27. The summed E-state index contributed by atoms with van der Waals surface area (Å²) in [6, 6.07) is 14.1. The quantitative estimate of drug-likeness (QED) is 0.294. The van der Waals surface area contributed by atoms with Crippen LogP contribution in [0.1, 0.15) is 16.7 Å². The number of aliphatic imine (C=N–C) groups is 1. The second kappa shape index (κ2) is 9.69. The number of rotatable bonds is 6. The number of nitriles is 1. The first-order valence-electron chi connectivity index (χ1n) is 9.50. The van der Waals surface area contributed by atoms with E-state index in [-0.39, 0.29) is 0 Å². The third-order valence-electron chi connectivity index (χ3n) is 4.65.